The Balaban J connectivity index is 1.14. The van der Waals surface area contributed by atoms with Crippen LogP contribution in [-0.4, -0.2) is 43.9 Å². The minimum atomic E-state index is -0.249. The number of anilines is 2. The number of para-hydroxylation sites is 2. The van der Waals surface area contributed by atoms with Gasteiger partial charge in [-0.25, -0.2) is 0 Å². The Morgan fingerprint density at radius 1 is 0.912 bits per heavy atom. The normalized spacial score (nSPS) is 13.3. The molecule has 34 heavy (non-hydrogen) atoms. The number of pyridine rings is 1. The van der Waals surface area contributed by atoms with E-state index in [4.69, 9.17) is 0 Å². The molecule has 0 fully saturated rings. The van der Waals surface area contributed by atoms with Crippen LogP contribution >= 0.6 is 0 Å². The molecule has 0 aliphatic carbocycles. The molecular formula is C26H27N7O. The van der Waals surface area contributed by atoms with Gasteiger partial charge in [0.05, 0.1) is 30.7 Å². The van der Waals surface area contributed by atoms with Crippen LogP contribution in [0.1, 0.15) is 27.3 Å². The largest absolute Gasteiger partial charge is 0.378 e. The van der Waals surface area contributed by atoms with Crippen molar-refractivity contribution in [1.82, 2.24) is 24.9 Å². The highest BCUT2D eigenvalue weighted by Gasteiger charge is 2.15. The van der Waals surface area contributed by atoms with Gasteiger partial charge in [0.1, 0.15) is 11.4 Å². The highest BCUT2D eigenvalue weighted by atomic mass is 16.1. The van der Waals surface area contributed by atoms with Crippen molar-refractivity contribution in [3.63, 3.8) is 0 Å². The average molecular weight is 454 g/mol. The van der Waals surface area contributed by atoms with Gasteiger partial charge in [-0.2, -0.15) is 0 Å². The first-order chi connectivity index (χ1) is 16.7. The second-order valence-electron chi connectivity index (χ2n) is 8.34. The fourth-order valence-electron chi connectivity index (χ4n) is 4.13. The molecule has 0 radical (unpaired) electrons. The van der Waals surface area contributed by atoms with E-state index >= 15 is 0 Å². The molecule has 1 aliphatic heterocycles. The van der Waals surface area contributed by atoms with Crippen LogP contribution in [0.3, 0.4) is 0 Å². The summed E-state index contributed by atoms with van der Waals surface area (Å²) >= 11 is 0. The zero-order valence-corrected chi connectivity index (χ0v) is 18.9. The molecule has 0 saturated carbocycles. The predicted octanol–water partition coefficient (Wildman–Crippen LogP) is 3.60. The van der Waals surface area contributed by atoms with Gasteiger partial charge in [0.2, 0.25) is 0 Å². The summed E-state index contributed by atoms with van der Waals surface area (Å²) in [4.78, 5) is 19.1. The van der Waals surface area contributed by atoms with E-state index in [1.165, 1.54) is 11.1 Å². The number of nitrogens with zero attached hydrogens (tertiary/aromatic N) is 5. The fourth-order valence-corrected chi connectivity index (χ4v) is 4.13. The number of carbonyl (C=O) groups excluding carboxylic acids is 1. The highest BCUT2D eigenvalue weighted by molar-refractivity contribution is 6.04. The molecule has 2 N–H and O–H groups in total. The first-order valence-corrected chi connectivity index (χ1v) is 11.5. The van der Waals surface area contributed by atoms with Crippen LogP contribution in [0.4, 0.5) is 11.4 Å². The number of nitrogens with one attached hydrogen (secondary N) is 2. The molecular weight excluding hydrogens is 426 g/mol. The summed E-state index contributed by atoms with van der Waals surface area (Å²) in [6.07, 6.45) is 4.67. The Morgan fingerprint density at radius 2 is 1.71 bits per heavy atom. The molecule has 0 bridgehead atoms. The zero-order valence-electron chi connectivity index (χ0n) is 18.9. The van der Waals surface area contributed by atoms with Crippen LogP contribution in [0, 0.1) is 0 Å². The summed E-state index contributed by atoms with van der Waals surface area (Å²) < 4.78 is 1.90. The quantitative estimate of drug-likeness (QED) is 0.424. The number of benzene rings is 2. The average Bonchev–Trinajstić information content (AvgIpc) is 3.35. The Hall–Kier alpha value is -4.04. The van der Waals surface area contributed by atoms with E-state index in [0.29, 0.717) is 17.9 Å². The van der Waals surface area contributed by atoms with Crippen molar-refractivity contribution < 1.29 is 4.79 Å². The lowest BCUT2D eigenvalue weighted by atomic mass is 10.00. The third-order valence-electron chi connectivity index (χ3n) is 5.97. The Morgan fingerprint density at radius 3 is 2.56 bits per heavy atom. The smallest absolute Gasteiger partial charge is 0.274 e. The van der Waals surface area contributed by atoms with Crippen molar-refractivity contribution >= 4 is 17.3 Å². The Kier molecular flexibility index (Phi) is 6.58. The van der Waals surface area contributed by atoms with E-state index < -0.39 is 0 Å². The van der Waals surface area contributed by atoms with Crippen LogP contribution < -0.4 is 10.6 Å². The molecule has 8 heteroatoms. The Bertz CT molecular complexity index is 1250. The van der Waals surface area contributed by atoms with Crippen LogP contribution in [0.15, 0.2) is 79.1 Å². The maximum atomic E-state index is 12.5. The molecule has 8 nitrogen and oxygen atoms in total. The lowest BCUT2D eigenvalue weighted by Crippen LogP contribution is -2.33. The summed E-state index contributed by atoms with van der Waals surface area (Å²) in [6.45, 7) is 4.30. The number of hydrogen-bond donors (Lipinski definition) is 2. The van der Waals surface area contributed by atoms with E-state index in [-0.39, 0.29) is 5.91 Å². The van der Waals surface area contributed by atoms with Crippen molar-refractivity contribution in [2.24, 2.45) is 0 Å². The predicted molar refractivity (Wildman–Crippen MR) is 131 cm³/mol. The van der Waals surface area contributed by atoms with Crippen molar-refractivity contribution in [2.75, 3.05) is 23.7 Å². The lowest BCUT2D eigenvalue weighted by molar-refractivity contribution is 0.102. The summed E-state index contributed by atoms with van der Waals surface area (Å²) in [5, 5.41) is 14.9. The second kappa shape index (κ2) is 10.3. The minimum absolute atomic E-state index is 0.249. The van der Waals surface area contributed by atoms with E-state index in [0.717, 1.165) is 44.0 Å². The number of hydrogen-bond acceptors (Lipinski definition) is 6. The fraction of sp³-hybridized carbons (Fsp3) is 0.231. The topological polar surface area (TPSA) is 88.0 Å². The highest BCUT2D eigenvalue weighted by Crippen LogP contribution is 2.22. The molecule has 0 spiro atoms. The number of carbonyl (C=O) groups is 1. The molecule has 172 valence electrons. The van der Waals surface area contributed by atoms with Crippen molar-refractivity contribution in [1.29, 1.82) is 0 Å². The van der Waals surface area contributed by atoms with Gasteiger partial charge in [0.15, 0.2) is 0 Å². The van der Waals surface area contributed by atoms with Crippen LogP contribution in [0.2, 0.25) is 0 Å². The first-order valence-electron chi connectivity index (χ1n) is 11.5. The molecule has 2 aromatic carbocycles. The second-order valence-corrected chi connectivity index (χ2v) is 8.34. The van der Waals surface area contributed by atoms with Gasteiger partial charge in [-0.1, -0.05) is 47.7 Å². The minimum Gasteiger partial charge on any atom is -0.378 e. The molecule has 0 unspecified atom stereocenters. The van der Waals surface area contributed by atoms with Crippen molar-refractivity contribution in [3.05, 3.63) is 102 Å². The number of amides is 1. The van der Waals surface area contributed by atoms with Gasteiger partial charge in [-0.3, -0.25) is 19.4 Å². The van der Waals surface area contributed by atoms with E-state index in [9.17, 15) is 4.79 Å². The van der Waals surface area contributed by atoms with Gasteiger partial charge in [0, 0.05) is 25.8 Å². The third-order valence-corrected chi connectivity index (χ3v) is 5.97. The maximum Gasteiger partial charge on any atom is 0.274 e. The first kappa shape index (κ1) is 21.8. The molecule has 1 amide bonds. The number of fused-ring (bicyclic) bond motifs is 1. The molecule has 1 aliphatic rings. The molecule has 0 saturated heterocycles. The van der Waals surface area contributed by atoms with Gasteiger partial charge in [0.25, 0.3) is 5.91 Å². The van der Waals surface area contributed by atoms with Crippen molar-refractivity contribution in [2.45, 2.75) is 26.1 Å². The van der Waals surface area contributed by atoms with E-state index in [1.54, 1.807) is 24.4 Å². The van der Waals surface area contributed by atoms with Gasteiger partial charge < -0.3 is 10.6 Å². The molecule has 5 rings (SSSR count). The Labute approximate surface area is 198 Å². The van der Waals surface area contributed by atoms with Crippen molar-refractivity contribution in [3.8, 4) is 0 Å². The molecule has 0 atom stereocenters. The summed E-state index contributed by atoms with van der Waals surface area (Å²) in [5.41, 5.74) is 5.60. The molecule has 4 aromatic rings. The zero-order chi connectivity index (χ0) is 23.2. The maximum absolute atomic E-state index is 12.5. The summed E-state index contributed by atoms with van der Waals surface area (Å²) in [7, 11) is 0. The third kappa shape index (κ3) is 5.29. The van der Waals surface area contributed by atoms with Gasteiger partial charge in [-0.05, 0) is 41.8 Å². The number of aromatic nitrogens is 4. The molecule has 3 heterocycles. The SMILES string of the molecule is O=C(Nc1ccccc1NCc1cn(CCN2CCc3ccccc3C2)nn1)c1ccccn1. The summed E-state index contributed by atoms with van der Waals surface area (Å²) in [5.74, 6) is -0.249. The van der Waals surface area contributed by atoms with Crippen LogP contribution in [0.25, 0.3) is 0 Å². The lowest BCUT2D eigenvalue weighted by Gasteiger charge is -2.28. The van der Waals surface area contributed by atoms with E-state index in [1.807, 2.05) is 35.1 Å². The van der Waals surface area contributed by atoms with Crippen LogP contribution in [-0.2, 0) is 26.1 Å². The van der Waals surface area contributed by atoms with Gasteiger partial charge >= 0.3 is 0 Å². The monoisotopic (exact) mass is 453 g/mol. The molecule has 2 aromatic heterocycles. The van der Waals surface area contributed by atoms with Crippen LogP contribution in [0.5, 0.6) is 0 Å². The van der Waals surface area contributed by atoms with Gasteiger partial charge in [-0.15, -0.1) is 5.10 Å². The van der Waals surface area contributed by atoms with E-state index in [2.05, 4.69) is 55.1 Å². The number of rotatable bonds is 8. The summed E-state index contributed by atoms with van der Waals surface area (Å²) in [6, 6.07) is 21.5. The standard InChI is InChI=1S/C26H27N7O/c34-26(25-11-5-6-13-27-25)29-24-10-4-3-9-23(24)28-17-22-19-33(31-30-22)16-15-32-14-12-20-7-1-2-8-21(20)18-32/h1-11,13,19,28H,12,14-18H2,(H,29,34).